The minimum Gasteiger partial charge on any atom is -0.350 e. The van der Waals surface area contributed by atoms with E-state index in [2.05, 4.69) is 26.1 Å². The number of nitrogens with zero attached hydrogens (tertiary/aromatic N) is 2. The summed E-state index contributed by atoms with van der Waals surface area (Å²) in [6.07, 6.45) is 3.20. The molecule has 2 atom stereocenters. The van der Waals surface area contributed by atoms with E-state index in [1.807, 2.05) is 24.3 Å². The van der Waals surface area contributed by atoms with E-state index in [1.165, 1.54) is 0 Å². The molecule has 1 aromatic heterocycles. The van der Waals surface area contributed by atoms with E-state index in [-0.39, 0.29) is 30.3 Å². The number of nitrogens with one attached hydrogen (secondary N) is 4. The molecular weight excluding hydrogens is 398 g/mol. The molecule has 3 rings (SSSR count). The highest BCUT2D eigenvalue weighted by molar-refractivity contribution is 6.10. The Morgan fingerprint density at radius 3 is 2.81 bits per heavy atom. The first kappa shape index (κ1) is 21.8. The average molecular weight is 423 g/mol. The Morgan fingerprint density at radius 2 is 2.06 bits per heavy atom. The van der Waals surface area contributed by atoms with E-state index in [4.69, 9.17) is 11.0 Å². The SMILES string of the molecule is CC(=NNC(N)=O)c1cccc2cc(C(=O)N[C@H]3CCCC[C@H]3C(=O)NCC#N)[nH]c12. The van der Waals surface area contributed by atoms with Gasteiger partial charge in [0, 0.05) is 17.0 Å². The molecule has 1 fully saturated rings. The highest BCUT2D eigenvalue weighted by atomic mass is 16.2. The van der Waals surface area contributed by atoms with Gasteiger partial charge >= 0.3 is 6.03 Å². The molecule has 0 spiro atoms. The summed E-state index contributed by atoms with van der Waals surface area (Å²) >= 11 is 0. The molecule has 10 heteroatoms. The fourth-order valence-corrected chi connectivity index (χ4v) is 3.90. The number of carbonyl (C=O) groups excluding carboxylic acids is 3. The van der Waals surface area contributed by atoms with Crippen molar-refractivity contribution in [3.8, 4) is 6.07 Å². The van der Waals surface area contributed by atoms with Crippen LogP contribution < -0.4 is 21.8 Å². The Hall–Kier alpha value is -3.87. The zero-order valence-corrected chi connectivity index (χ0v) is 17.2. The third-order valence-electron chi connectivity index (χ3n) is 5.39. The van der Waals surface area contributed by atoms with Crippen LogP contribution in [0.1, 0.15) is 48.7 Å². The number of benzene rings is 1. The van der Waals surface area contributed by atoms with Gasteiger partial charge in [0.05, 0.1) is 23.2 Å². The molecule has 31 heavy (non-hydrogen) atoms. The molecule has 2 aromatic rings. The summed E-state index contributed by atoms with van der Waals surface area (Å²) in [7, 11) is 0. The van der Waals surface area contributed by atoms with Gasteiger partial charge in [-0.2, -0.15) is 10.4 Å². The number of hydrazone groups is 1. The maximum Gasteiger partial charge on any atom is 0.332 e. The molecule has 0 saturated heterocycles. The van der Waals surface area contributed by atoms with E-state index in [0.717, 1.165) is 23.8 Å². The number of aromatic amines is 1. The summed E-state index contributed by atoms with van der Waals surface area (Å²) in [6.45, 7) is 1.67. The van der Waals surface area contributed by atoms with Crippen LogP contribution in [0.3, 0.4) is 0 Å². The second-order valence-electron chi connectivity index (χ2n) is 7.47. The van der Waals surface area contributed by atoms with E-state index in [0.29, 0.717) is 29.8 Å². The Kier molecular flexibility index (Phi) is 6.87. The van der Waals surface area contributed by atoms with Crippen molar-refractivity contribution in [2.24, 2.45) is 16.8 Å². The van der Waals surface area contributed by atoms with Crippen LogP contribution in [0.25, 0.3) is 10.9 Å². The summed E-state index contributed by atoms with van der Waals surface area (Å²) in [6, 6.07) is 8.08. The molecule has 162 valence electrons. The van der Waals surface area contributed by atoms with Gasteiger partial charge in [-0.1, -0.05) is 31.0 Å². The molecule has 1 aliphatic rings. The zero-order valence-electron chi connectivity index (χ0n) is 17.2. The van der Waals surface area contributed by atoms with Crippen molar-refractivity contribution in [3.05, 3.63) is 35.5 Å². The number of primary amides is 1. The number of aromatic nitrogens is 1. The quantitative estimate of drug-likeness (QED) is 0.270. The lowest BCUT2D eigenvalue weighted by atomic mass is 9.83. The van der Waals surface area contributed by atoms with E-state index in [9.17, 15) is 14.4 Å². The van der Waals surface area contributed by atoms with Crippen molar-refractivity contribution in [2.75, 3.05) is 6.54 Å². The van der Waals surface area contributed by atoms with Crippen LogP contribution in [0.4, 0.5) is 4.79 Å². The first-order valence-corrected chi connectivity index (χ1v) is 10.1. The van der Waals surface area contributed by atoms with Gasteiger partial charge in [0.15, 0.2) is 0 Å². The van der Waals surface area contributed by atoms with Crippen LogP contribution in [0.5, 0.6) is 0 Å². The second kappa shape index (κ2) is 9.75. The second-order valence-corrected chi connectivity index (χ2v) is 7.47. The number of fused-ring (bicyclic) bond motifs is 1. The van der Waals surface area contributed by atoms with Crippen LogP contribution in [0, 0.1) is 17.2 Å². The van der Waals surface area contributed by atoms with Crippen LogP contribution in [-0.4, -0.2) is 41.1 Å². The van der Waals surface area contributed by atoms with E-state index in [1.54, 1.807) is 13.0 Å². The lowest BCUT2D eigenvalue weighted by Crippen LogP contribution is -2.48. The number of carbonyl (C=O) groups is 3. The van der Waals surface area contributed by atoms with Gasteiger partial charge in [-0.05, 0) is 25.8 Å². The van der Waals surface area contributed by atoms with Crippen molar-refractivity contribution >= 4 is 34.5 Å². The number of amides is 4. The number of urea groups is 1. The largest absolute Gasteiger partial charge is 0.350 e. The molecule has 1 heterocycles. The summed E-state index contributed by atoms with van der Waals surface area (Å²) in [5.41, 5.74) is 9.57. The molecular formula is C21H25N7O3. The van der Waals surface area contributed by atoms with E-state index >= 15 is 0 Å². The van der Waals surface area contributed by atoms with Gasteiger partial charge < -0.3 is 21.4 Å². The molecule has 0 aliphatic heterocycles. The lowest BCUT2D eigenvalue weighted by molar-refractivity contribution is -0.126. The first-order valence-electron chi connectivity index (χ1n) is 10.1. The average Bonchev–Trinajstić information content (AvgIpc) is 3.20. The fourth-order valence-electron chi connectivity index (χ4n) is 3.90. The number of hydrogen-bond donors (Lipinski definition) is 5. The number of H-pyrrole nitrogens is 1. The van der Waals surface area contributed by atoms with Crippen molar-refractivity contribution in [2.45, 2.75) is 38.6 Å². The van der Waals surface area contributed by atoms with Gasteiger partial charge in [0.1, 0.15) is 12.2 Å². The number of hydrogen-bond acceptors (Lipinski definition) is 5. The molecule has 0 bridgehead atoms. The van der Waals surface area contributed by atoms with Gasteiger partial charge in [-0.25, -0.2) is 10.2 Å². The molecule has 0 unspecified atom stereocenters. The Bertz CT molecular complexity index is 1070. The molecule has 10 nitrogen and oxygen atoms in total. The molecule has 6 N–H and O–H groups in total. The molecule has 1 saturated carbocycles. The number of rotatable bonds is 6. The molecule has 0 radical (unpaired) electrons. The van der Waals surface area contributed by atoms with E-state index < -0.39 is 6.03 Å². The topological polar surface area (TPSA) is 165 Å². The van der Waals surface area contributed by atoms with Crippen LogP contribution in [0.2, 0.25) is 0 Å². The minimum absolute atomic E-state index is 0.0493. The Morgan fingerprint density at radius 1 is 1.29 bits per heavy atom. The smallest absolute Gasteiger partial charge is 0.332 e. The summed E-state index contributed by atoms with van der Waals surface area (Å²) < 4.78 is 0. The van der Waals surface area contributed by atoms with Crippen LogP contribution in [-0.2, 0) is 4.79 Å². The van der Waals surface area contributed by atoms with Gasteiger partial charge in [-0.15, -0.1) is 0 Å². The van der Waals surface area contributed by atoms with Crippen molar-refractivity contribution in [1.29, 1.82) is 5.26 Å². The van der Waals surface area contributed by atoms with Crippen molar-refractivity contribution < 1.29 is 14.4 Å². The molecule has 4 amide bonds. The number of para-hydroxylation sites is 1. The van der Waals surface area contributed by atoms with Crippen molar-refractivity contribution in [1.82, 2.24) is 21.0 Å². The number of nitriles is 1. The monoisotopic (exact) mass is 423 g/mol. The molecule has 1 aromatic carbocycles. The fraction of sp³-hybridized carbons (Fsp3) is 0.381. The minimum atomic E-state index is -0.765. The predicted octanol–water partition coefficient (Wildman–Crippen LogP) is 1.49. The maximum atomic E-state index is 12.9. The van der Waals surface area contributed by atoms with Gasteiger partial charge in [0.2, 0.25) is 5.91 Å². The standard InChI is InChI=1S/C21H25N7O3/c1-12(27-28-21(23)31)14-7-4-5-13-11-17(25-18(13)14)20(30)26-16-8-3-2-6-15(16)19(29)24-10-9-22/h4-5,7,11,15-16,25H,2-3,6,8,10H2,1H3,(H,24,29)(H,26,30)(H3,23,28,31)/t15-,16+/m1/s1. The maximum absolute atomic E-state index is 12.9. The highest BCUT2D eigenvalue weighted by Gasteiger charge is 2.32. The lowest BCUT2D eigenvalue weighted by Gasteiger charge is -2.30. The predicted molar refractivity (Wildman–Crippen MR) is 115 cm³/mol. The normalized spacial score (nSPS) is 18.8. The third kappa shape index (κ3) is 5.19. The Labute approximate surface area is 179 Å². The summed E-state index contributed by atoms with van der Waals surface area (Å²) in [4.78, 5) is 39.3. The Balaban J connectivity index is 1.80. The summed E-state index contributed by atoms with van der Waals surface area (Å²) in [5.74, 6) is -0.878. The first-order chi connectivity index (χ1) is 14.9. The van der Waals surface area contributed by atoms with Crippen molar-refractivity contribution in [3.63, 3.8) is 0 Å². The highest BCUT2D eigenvalue weighted by Crippen LogP contribution is 2.26. The zero-order chi connectivity index (χ0) is 22.4. The van der Waals surface area contributed by atoms with Crippen LogP contribution >= 0.6 is 0 Å². The van der Waals surface area contributed by atoms with Gasteiger partial charge in [0.25, 0.3) is 5.91 Å². The third-order valence-corrected chi connectivity index (χ3v) is 5.39. The van der Waals surface area contributed by atoms with Crippen LogP contribution in [0.15, 0.2) is 29.4 Å². The number of nitrogens with two attached hydrogens (primary N) is 1. The summed E-state index contributed by atoms with van der Waals surface area (Å²) in [5, 5.41) is 19.0. The molecule has 1 aliphatic carbocycles. The van der Waals surface area contributed by atoms with Gasteiger partial charge in [-0.3, -0.25) is 9.59 Å².